The number of nitrogens with zero attached hydrogens (tertiary/aromatic N) is 8. The van der Waals surface area contributed by atoms with Gasteiger partial charge in [0.2, 0.25) is 0 Å². The normalized spacial score (nSPS) is 21.3. The van der Waals surface area contributed by atoms with Crippen molar-refractivity contribution in [2.45, 2.75) is 38.8 Å². The molecule has 1 unspecified atom stereocenters. The SMILES string of the molecule is c1nc(N2CCCC(Cn3cc(CN4CCCC4)nn3)C2)c2[nH]cnc2n1. The summed E-state index contributed by atoms with van der Waals surface area (Å²) in [5.74, 6) is 1.49. The summed E-state index contributed by atoms with van der Waals surface area (Å²) in [5.41, 5.74) is 2.73. The van der Waals surface area contributed by atoms with Crippen molar-refractivity contribution in [3.05, 3.63) is 24.5 Å². The van der Waals surface area contributed by atoms with Crippen LogP contribution in [0.2, 0.25) is 0 Å². The molecular formula is C18H25N9. The number of anilines is 1. The molecule has 1 atom stereocenters. The molecule has 27 heavy (non-hydrogen) atoms. The number of piperidine rings is 1. The minimum Gasteiger partial charge on any atom is -0.354 e. The molecule has 2 aliphatic heterocycles. The lowest BCUT2D eigenvalue weighted by Crippen LogP contribution is -2.37. The van der Waals surface area contributed by atoms with E-state index in [9.17, 15) is 0 Å². The Balaban J connectivity index is 1.25. The highest BCUT2D eigenvalue weighted by Crippen LogP contribution is 2.26. The monoisotopic (exact) mass is 367 g/mol. The van der Waals surface area contributed by atoms with Crippen LogP contribution in [0.3, 0.4) is 0 Å². The van der Waals surface area contributed by atoms with Gasteiger partial charge in [0, 0.05) is 32.4 Å². The molecule has 1 N–H and O–H groups in total. The van der Waals surface area contributed by atoms with Gasteiger partial charge in [0.05, 0.1) is 12.0 Å². The van der Waals surface area contributed by atoms with Crippen molar-refractivity contribution in [2.75, 3.05) is 31.1 Å². The van der Waals surface area contributed by atoms with E-state index in [1.807, 2.05) is 4.68 Å². The number of H-pyrrole nitrogens is 1. The first-order chi connectivity index (χ1) is 13.3. The molecule has 2 aliphatic rings. The highest BCUT2D eigenvalue weighted by Gasteiger charge is 2.24. The minimum atomic E-state index is 0.535. The maximum absolute atomic E-state index is 4.51. The molecule has 0 bridgehead atoms. The van der Waals surface area contributed by atoms with E-state index in [-0.39, 0.29) is 0 Å². The van der Waals surface area contributed by atoms with Crippen LogP contribution < -0.4 is 4.90 Å². The van der Waals surface area contributed by atoms with Crippen LogP contribution >= 0.6 is 0 Å². The van der Waals surface area contributed by atoms with E-state index in [1.165, 1.54) is 32.4 Å². The van der Waals surface area contributed by atoms with Crippen molar-refractivity contribution in [1.29, 1.82) is 0 Å². The van der Waals surface area contributed by atoms with Gasteiger partial charge in [-0.2, -0.15) is 0 Å². The average molecular weight is 367 g/mol. The maximum atomic E-state index is 4.51. The zero-order chi connectivity index (χ0) is 18.1. The Hall–Kier alpha value is -2.55. The van der Waals surface area contributed by atoms with Crippen molar-refractivity contribution in [2.24, 2.45) is 5.92 Å². The number of hydrogen-bond acceptors (Lipinski definition) is 7. The van der Waals surface area contributed by atoms with Crippen LogP contribution in [0.1, 0.15) is 31.4 Å². The number of aromatic amines is 1. The molecule has 9 nitrogen and oxygen atoms in total. The fraction of sp³-hybridized carbons (Fsp3) is 0.611. The van der Waals surface area contributed by atoms with Crippen LogP contribution in [0.25, 0.3) is 11.2 Å². The smallest absolute Gasteiger partial charge is 0.182 e. The molecule has 0 spiro atoms. The Labute approximate surface area is 157 Å². The van der Waals surface area contributed by atoms with Crippen LogP contribution in [-0.2, 0) is 13.1 Å². The first-order valence-electron chi connectivity index (χ1n) is 9.85. The van der Waals surface area contributed by atoms with Crippen molar-refractivity contribution >= 4 is 17.0 Å². The number of nitrogens with one attached hydrogen (secondary N) is 1. The van der Waals surface area contributed by atoms with Crippen LogP contribution in [0, 0.1) is 5.92 Å². The third-order valence-electron chi connectivity index (χ3n) is 5.64. The Morgan fingerprint density at radius 3 is 2.93 bits per heavy atom. The molecule has 0 amide bonds. The molecule has 2 saturated heterocycles. The molecule has 0 aliphatic carbocycles. The van der Waals surface area contributed by atoms with Gasteiger partial charge in [0.15, 0.2) is 11.5 Å². The summed E-state index contributed by atoms with van der Waals surface area (Å²) in [6, 6.07) is 0. The van der Waals surface area contributed by atoms with Gasteiger partial charge in [-0.05, 0) is 44.7 Å². The molecule has 5 rings (SSSR count). The minimum absolute atomic E-state index is 0.535. The van der Waals surface area contributed by atoms with Gasteiger partial charge in [-0.15, -0.1) is 5.10 Å². The lowest BCUT2D eigenvalue weighted by atomic mass is 9.98. The molecule has 9 heteroatoms. The van der Waals surface area contributed by atoms with Crippen molar-refractivity contribution in [1.82, 2.24) is 39.8 Å². The summed E-state index contributed by atoms with van der Waals surface area (Å²) in [6.07, 6.45) is 10.4. The van der Waals surface area contributed by atoms with Gasteiger partial charge < -0.3 is 9.88 Å². The van der Waals surface area contributed by atoms with Crippen LogP contribution in [0.4, 0.5) is 5.82 Å². The number of aromatic nitrogens is 7. The summed E-state index contributed by atoms with van der Waals surface area (Å²) < 4.78 is 2.02. The van der Waals surface area contributed by atoms with Gasteiger partial charge in [-0.25, -0.2) is 15.0 Å². The average Bonchev–Trinajstić information content (AvgIpc) is 3.44. The third kappa shape index (κ3) is 3.51. The second-order valence-corrected chi connectivity index (χ2v) is 7.67. The quantitative estimate of drug-likeness (QED) is 0.730. The molecule has 5 heterocycles. The van der Waals surface area contributed by atoms with E-state index < -0.39 is 0 Å². The van der Waals surface area contributed by atoms with Crippen LogP contribution in [0.5, 0.6) is 0 Å². The number of rotatable bonds is 5. The fourth-order valence-corrected chi connectivity index (χ4v) is 4.33. The number of hydrogen-bond donors (Lipinski definition) is 1. The second-order valence-electron chi connectivity index (χ2n) is 7.67. The molecule has 3 aromatic rings. The van der Waals surface area contributed by atoms with Crippen molar-refractivity contribution in [3.8, 4) is 0 Å². The lowest BCUT2D eigenvalue weighted by Gasteiger charge is -2.33. The number of likely N-dealkylation sites (tertiary alicyclic amines) is 1. The Bertz CT molecular complexity index is 895. The van der Waals surface area contributed by atoms with Gasteiger partial charge in [-0.3, -0.25) is 9.58 Å². The summed E-state index contributed by atoms with van der Waals surface area (Å²) in [6.45, 7) is 6.18. The van der Waals surface area contributed by atoms with E-state index in [0.717, 1.165) is 55.3 Å². The fourth-order valence-electron chi connectivity index (χ4n) is 4.33. The standard InChI is InChI=1S/C18H25N9/c1-2-6-25(5-1)10-15-11-27(24-23-15)9-14-4-3-7-26(8-14)18-16-17(20-12-19-16)21-13-22-18/h11-14H,1-10H2,(H,19,20,21,22). The van der Waals surface area contributed by atoms with E-state index in [4.69, 9.17) is 0 Å². The molecule has 3 aromatic heterocycles. The highest BCUT2D eigenvalue weighted by molar-refractivity contribution is 5.82. The molecule has 0 saturated carbocycles. The molecule has 142 valence electrons. The third-order valence-corrected chi connectivity index (χ3v) is 5.64. The largest absolute Gasteiger partial charge is 0.354 e. The first kappa shape index (κ1) is 16.6. The van der Waals surface area contributed by atoms with E-state index in [0.29, 0.717) is 5.92 Å². The van der Waals surface area contributed by atoms with Crippen LogP contribution in [-0.4, -0.2) is 66.0 Å². The van der Waals surface area contributed by atoms with Gasteiger partial charge in [0.25, 0.3) is 0 Å². The summed E-state index contributed by atoms with van der Waals surface area (Å²) in [5, 5.41) is 8.75. The van der Waals surface area contributed by atoms with E-state index in [1.54, 1.807) is 12.7 Å². The van der Waals surface area contributed by atoms with E-state index in [2.05, 4.69) is 46.2 Å². The Kier molecular flexibility index (Phi) is 4.44. The highest BCUT2D eigenvalue weighted by atomic mass is 15.4. The van der Waals surface area contributed by atoms with Crippen molar-refractivity contribution in [3.63, 3.8) is 0 Å². The van der Waals surface area contributed by atoms with Crippen LogP contribution in [0.15, 0.2) is 18.9 Å². The summed E-state index contributed by atoms with van der Waals surface area (Å²) in [7, 11) is 0. The van der Waals surface area contributed by atoms with Crippen molar-refractivity contribution < 1.29 is 0 Å². The lowest BCUT2D eigenvalue weighted by molar-refractivity contribution is 0.327. The van der Waals surface area contributed by atoms with E-state index >= 15 is 0 Å². The molecule has 0 aromatic carbocycles. The first-order valence-corrected chi connectivity index (χ1v) is 9.85. The second kappa shape index (κ2) is 7.22. The summed E-state index contributed by atoms with van der Waals surface area (Å²) >= 11 is 0. The molecule has 2 fully saturated rings. The van der Waals surface area contributed by atoms with Gasteiger partial charge >= 0.3 is 0 Å². The predicted octanol–water partition coefficient (Wildman–Crippen LogP) is 1.46. The zero-order valence-corrected chi connectivity index (χ0v) is 15.5. The number of imidazole rings is 1. The maximum Gasteiger partial charge on any atom is 0.182 e. The zero-order valence-electron chi connectivity index (χ0n) is 15.5. The topological polar surface area (TPSA) is 91.7 Å². The van der Waals surface area contributed by atoms with Gasteiger partial charge in [0.1, 0.15) is 11.8 Å². The van der Waals surface area contributed by atoms with Gasteiger partial charge in [-0.1, -0.05) is 5.21 Å². The predicted molar refractivity (Wildman–Crippen MR) is 101 cm³/mol. The number of fused-ring (bicyclic) bond motifs is 1. The Morgan fingerprint density at radius 1 is 1.07 bits per heavy atom. The summed E-state index contributed by atoms with van der Waals surface area (Å²) in [4.78, 5) is 21.0. The molecule has 0 radical (unpaired) electrons. The Morgan fingerprint density at radius 2 is 2.00 bits per heavy atom. The molecular weight excluding hydrogens is 342 g/mol.